The average Bonchev–Trinajstić information content (AvgIpc) is 3.12. The lowest BCUT2D eigenvalue weighted by molar-refractivity contribution is 0.373. The number of halogens is 1. The van der Waals surface area contributed by atoms with Crippen LogP contribution in [0.4, 0.5) is 5.82 Å². The molecule has 1 aromatic carbocycles. The van der Waals surface area contributed by atoms with E-state index in [9.17, 15) is 8.42 Å². The third kappa shape index (κ3) is 4.10. The van der Waals surface area contributed by atoms with Crippen LogP contribution in [0.15, 0.2) is 41.8 Å². The number of ether oxygens (including phenoxy) is 1. The smallest absolute Gasteiger partial charge is 0.246 e. The van der Waals surface area contributed by atoms with Gasteiger partial charge in [-0.1, -0.05) is 11.6 Å². The lowest BCUT2D eigenvalue weighted by Crippen LogP contribution is -2.49. The van der Waals surface area contributed by atoms with Crippen LogP contribution in [-0.4, -0.2) is 65.5 Å². The zero-order valence-corrected chi connectivity index (χ0v) is 19.1. The summed E-state index contributed by atoms with van der Waals surface area (Å²) in [5, 5.41) is 0.344. The molecule has 0 saturated carbocycles. The number of piperazine rings is 1. The van der Waals surface area contributed by atoms with Crippen molar-refractivity contribution in [3.8, 4) is 11.6 Å². The van der Waals surface area contributed by atoms with Crippen LogP contribution in [0.3, 0.4) is 0 Å². The molecule has 0 amide bonds. The minimum atomic E-state index is -3.73. The summed E-state index contributed by atoms with van der Waals surface area (Å²) in [6.45, 7) is 5.57. The van der Waals surface area contributed by atoms with Gasteiger partial charge in [-0.15, -0.1) is 0 Å². The molecule has 1 saturated heterocycles. The fraction of sp³-hybridized carbons (Fsp3) is 0.350. The zero-order chi connectivity index (χ0) is 22.2. The molecule has 0 aliphatic carbocycles. The Morgan fingerprint density at radius 3 is 2.35 bits per heavy atom. The van der Waals surface area contributed by atoms with Crippen molar-refractivity contribution in [1.82, 2.24) is 23.8 Å². The van der Waals surface area contributed by atoms with Gasteiger partial charge in [-0.25, -0.2) is 23.4 Å². The minimum absolute atomic E-state index is 0.0752. The summed E-state index contributed by atoms with van der Waals surface area (Å²) in [7, 11) is -2.29. The lowest BCUT2D eigenvalue weighted by atomic mass is 10.3. The van der Waals surface area contributed by atoms with Crippen LogP contribution >= 0.6 is 11.6 Å². The summed E-state index contributed by atoms with van der Waals surface area (Å²) in [4.78, 5) is 15.2. The molecule has 2 aromatic heterocycles. The molecule has 1 aliphatic heterocycles. The molecule has 1 aliphatic rings. The number of anilines is 1. The maximum atomic E-state index is 13.2. The Bertz CT molecular complexity index is 1210. The summed E-state index contributed by atoms with van der Waals surface area (Å²) >= 11 is 6.03. The highest BCUT2D eigenvalue weighted by atomic mass is 35.5. The lowest BCUT2D eigenvalue weighted by Gasteiger charge is -2.34. The molecule has 0 spiro atoms. The minimum Gasteiger partial charge on any atom is -0.495 e. The number of rotatable bonds is 5. The Balaban J connectivity index is 1.52. The number of sulfonamides is 1. The van der Waals surface area contributed by atoms with E-state index in [-0.39, 0.29) is 10.6 Å². The first kappa shape index (κ1) is 21.5. The molecule has 11 heteroatoms. The van der Waals surface area contributed by atoms with Crippen molar-refractivity contribution in [1.29, 1.82) is 0 Å². The zero-order valence-electron chi connectivity index (χ0n) is 17.5. The molecule has 0 N–H and O–H groups in total. The fourth-order valence-electron chi connectivity index (χ4n) is 3.52. The van der Waals surface area contributed by atoms with Crippen molar-refractivity contribution in [3.63, 3.8) is 0 Å². The summed E-state index contributed by atoms with van der Waals surface area (Å²) in [5.74, 6) is 1.74. The van der Waals surface area contributed by atoms with E-state index in [0.29, 0.717) is 31.2 Å². The van der Waals surface area contributed by atoms with Crippen LogP contribution in [0.5, 0.6) is 5.75 Å². The van der Waals surface area contributed by atoms with Gasteiger partial charge in [0.1, 0.15) is 34.9 Å². The Morgan fingerprint density at radius 1 is 1.00 bits per heavy atom. The van der Waals surface area contributed by atoms with Gasteiger partial charge in [0.15, 0.2) is 0 Å². The third-order valence-electron chi connectivity index (χ3n) is 5.44. The van der Waals surface area contributed by atoms with Crippen molar-refractivity contribution in [2.75, 3.05) is 38.2 Å². The predicted octanol–water partition coefficient (Wildman–Crippen LogP) is 2.45. The predicted molar refractivity (Wildman–Crippen MR) is 118 cm³/mol. The molecule has 9 nitrogen and oxygen atoms in total. The topological polar surface area (TPSA) is 93.5 Å². The Kier molecular flexibility index (Phi) is 5.87. The molecular weight excluding hydrogens is 440 g/mol. The van der Waals surface area contributed by atoms with E-state index in [1.54, 1.807) is 18.5 Å². The van der Waals surface area contributed by atoms with Crippen LogP contribution < -0.4 is 9.64 Å². The molecule has 0 bridgehead atoms. The monoisotopic (exact) mass is 462 g/mol. The normalized spacial score (nSPS) is 15.3. The molecule has 164 valence electrons. The van der Waals surface area contributed by atoms with Gasteiger partial charge >= 0.3 is 0 Å². The molecular formula is C20H23ClN6O3S. The number of methoxy groups -OCH3 is 1. The molecule has 31 heavy (non-hydrogen) atoms. The third-order valence-corrected chi connectivity index (χ3v) is 7.60. The first-order valence-electron chi connectivity index (χ1n) is 9.73. The van der Waals surface area contributed by atoms with Crippen molar-refractivity contribution in [3.05, 3.63) is 53.3 Å². The second kappa shape index (κ2) is 8.45. The van der Waals surface area contributed by atoms with Crippen LogP contribution in [0, 0.1) is 13.8 Å². The number of nitrogens with zero attached hydrogens (tertiary/aromatic N) is 6. The summed E-state index contributed by atoms with van der Waals surface area (Å²) < 4.78 is 34.9. The van der Waals surface area contributed by atoms with Crippen molar-refractivity contribution in [2.24, 2.45) is 0 Å². The number of aromatic nitrogens is 4. The van der Waals surface area contributed by atoms with Crippen molar-refractivity contribution in [2.45, 2.75) is 18.7 Å². The quantitative estimate of drug-likeness (QED) is 0.574. The molecule has 3 aromatic rings. The first-order valence-corrected chi connectivity index (χ1v) is 11.5. The van der Waals surface area contributed by atoms with Gasteiger partial charge in [0.05, 0.1) is 12.8 Å². The number of hydrogen-bond acceptors (Lipinski definition) is 7. The van der Waals surface area contributed by atoms with E-state index in [1.807, 2.05) is 29.4 Å². The SMILES string of the molecule is COc1ccc(Cl)cc1S(=O)(=O)N1CCN(c2cc(-n3cnc(C)c3C)ncn2)CC1. The van der Waals surface area contributed by atoms with Gasteiger partial charge in [0.25, 0.3) is 0 Å². The second-order valence-electron chi connectivity index (χ2n) is 7.21. The molecule has 1 fully saturated rings. The van der Waals surface area contributed by atoms with E-state index in [2.05, 4.69) is 15.0 Å². The second-order valence-corrected chi connectivity index (χ2v) is 9.55. The molecule has 0 unspecified atom stereocenters. The van der Waals surface area contributed by atoms with E-state index in [1.165, 1.54) is 23.8 Å². The van der Waals surface area contributed by atoms with Gasteiger partial charge in [-0.05, 0) is 32.0 Å². The van der Waals surface area contributed by atoms with Gasteiger partial charge in [0.2, 0.25) is 10.0 Å². The van der Waals surface area contributed by atoms with E-state index < -0.39 is 10.0 Å². The van der Waals surface area contributed by atoms with E-state index >= 15 is 0 Å². The van der Waals surface area contributed by atoms with E-state index in [4.69, 9.17) is 16.3 Å². The van der Waals surface area contributed by atoms with Crippen LogP contribution in [0.25, 0.3) is 5.82 Å². The Hall–Kier alpha value is -2.69. The number of benzene rings is 1. The largest absolute Gasteiger partial charge is 0.495 e. The van der Waals surface area contributed by atoms with Gasteiger partial charge < -0.3 is 9.64 Å². The summed E-state index contributed by atoms with van der Waals surface area (Å²) in [6.07, 6.45) is 3.25. The highest BCUT2D eigenvalue weighted by molar-refractivity contribution is 7.89. The molecule has 4 rings (SSSR count). The molecule has 0 radical (unpaired) electrons. The molecule has 3 heterocycles. The van der Waals surface area contributed by atoms with E-state index in [0.717, 1.165) is 23.0 Å². The number of aryl methyl sites for hydroxylation is 1. The number of imidazole rings is 1. The van der Waals surface area contributed by atoms with Gasteiger partial charge in [0, 0.05) is 43.0 Å². The highest BCUT2D eigenvalue weighted by Crippen LogP contribution is 2.30. The van der Waals surface area contributed by atoms with Gasteiger partial charge in [-0.2, -0.15) is 4.31 Å². The highest BCUT2D eigenvalue weighted by Gasteiger charge is 2.31. The van der Waals surface area contributed by atoms with Crippen LogP contribution in [0.1, 0.15) is 11.4 Å². The maximum absolute atomic E-state index is 13.2. The van der Waals surface area contributed by atoms with Crippen molar-refractivity contribution >= 4 is 27.4 Å². The first-order chi connectivity index (χ1) is 14.8. The average molecular weight is 463 g/mol. The Morgan fingerprint density at radius 2 is 1.71 bits per heavy atom. The van der Waals surface area contributed by atoms with Crippen LogP contribution in [0.2, 0.25) is 5.02 Å². The summed E-state index contributed by atoms with van der Waals surface area (Å²) in [6, 6.07) is 6.48. The summed E-state index contributed by atoms with van der Waals surface area (Å²) in [5.41, 5.74) is 1.95. The fourth-order valence-corrected chi connectivity index (χ4v) is 5.36. The van der Waals surface area contributed by atoms with Crippen molar-refractivity contribution < 1.29 is 13.2 Å². The standard InChI is InChI=1S/C20H23ClN6O3S/c1-14-15(2)27(13-24-14)20-11-19(22-12-23-20)25-6-8-26(9-7-25)31(28,29)18-10-16(21)4-5-17(18)30-3/h4-5,10-13H,6-9H2,1-3H3. The maximum Gasteiger partial charge on any atom is 0.246 e. The number of hydrogen-bond donors (Lipinski definition) is 0. The van der Waals surface area contributed by atoms with Gasteiger partial charge in [-0.3, -0.25) is 4.57 Å². The Labute approximate surface area is 186 Å². The van der Waals surface area contributed by atoms with Crippen LogP contribution in [-0.2, 0) is 10.0 Å². The molecule has 0 atom stereocenters.